The van der Waals surface area contributed by atoms with Crippen LogP contribution in [-0.4, -0.2) is 27.7 Å². The van der Waals surface area contributed by atoms with Crippen LogP contribution in [0.25, 0.3) is 11.0 Å². The van der Waals surface area contributed by atoms with Gasteiger partial charge in [0, 0.05) is 6.20 Å². The number of hydrogen-bond acceptors (Lipinski definition) is 5. The monoisotopic (exact) mass is 268 g/mol. The molecular formula is C11H9ClN2O4. The highest BCUT2D eigenvalue weighted by molar-refractivity contribution is 6.31. The van der Waals surface area contributed by atoms with Gasteiger partial charge in [-0.3, -0.25) is 4.79 Å². The Balaban J connectivity index is 2.75. The third-order valence-electron chi connectivity index (χ3n) is 2.28. The molecule has 2 aromatic rings. The lowest BCUT2D eigenvalue weighted by molar-refractivity contribution is 0.0521. The minimum atomic E-state index is -0.891. The van der Waals surface area contributed by atoms with Crippen LogP contribution in [0.1, 0.15) is 17.3 Å². The van der Waals surface area contributed by atoms with Gasteiger partial charge in [0.15, 0.2) is 5.56 Å². The molecule has 0 fully saturated rings. The molecule has 2 rings (SSSR count). The zero-order valence-electron chi connectivity index (χ0n) is 9.36. The molecule has 0 saturated carbocycles. The van der Waals surface area contributed by atoms with Gasteiger partial charge in [-0.2, -0.15) is 0 Å². The maximum absolute atomic E-state index is 11.7. The Morgan fingerprint density at radius 2 is 2.33 bits per heavy atom. The summed E-state index contributed by atoms with van der Waals surface area (Å²) in [5.74, 6) is -1.37. The first kappa shape index (κ1) is 12.4. The number of aromatic amines is 1. The zero-order valence-corrected chi connectivity index (χ0v) is 10.1. The van der Waals surface area contributed by atoms with Crippen LogP contribution in [0.2, 0.25) is 5.02 Å². The van der Waals surface area contributed by atoms with Gasteiger partial charge in [0.25, 0.3) is 5.56 Å². The summed E-state index contributed by atoms with van der Waals surface area (Å²) >= 11 is 5.74. The number of nitrogens with one attached hydrogen (secondary N) is 1. The van der Waals surface area contributed by atoms with Gasteiger partial charge in [0.2, 0.25) is 0 Å². The molecule has 6 nitrogen and oxygen atoms in total. The van der Waals surface area contributed by atoms with Gasteiger partial charge in [-0.1, -0.05) is 11.6 Å². The van der Waals surface area contributed by atoms with Crippen LogP contribution in [0.15, 0.2) is 17.1 Å². The minimum Gasteiger partial charge on any atom is -0.506 e. The number of hydrogen-bond donors (Lipinski definition) is 2. The first-order valence-corrected chi connectivity index (χ1v) is 5.50. The average Bonchev–Trinajstić information content (AvgIpc) is 2.31. The second-order valence-corrected chi connectivity index (χ2v) is 3.88. The van der Waals surface area contributed by atoms with E-state index < -0.39 is 22.8 Å². The number of carbonyl (C=O) groups excluding carboxylic acids is 1. The molecule has 0 aliphatic rings. The van der Waals surface area contributed by atoms with E-state index in [0.717, 1.165) is 0 Å². The van der Waals surface area contributed by atoms with Crippen LogP contribution >= 0.6 is 11.6 Å². The van der Waals surface area contributed by atoms with Gasteiger partial charge in [-0.25, -0.2) is 9.78 Å². The van der Waals surface area contributed by atoms with Gasteiger partial charge in [-0.05, 0) is 13.0 Å². The van der Waals surface area contributed by atoms with Crippen LogP contribution in [-0.2, 0) is 4.74 Å². The molecule has 18 heavy (non-hydrogen) atoms. The maximum Gasteiger partial charge on any atom is 0.347 e. The number of esters is 1. The summed E-state index contributed by atoms with van der Waals surface area (Å²) in [7, 11) is 0. The van der Waals surface area contributed by atoms with E-state index in [2.05, 4.69) is 9.97 Å². The fraction of sp³-hybridized carbons (Fsp3) is 0.182. The number of carbonyl (C=O) groups is 1. The lowest BCUT2D eigenvalue weighted by atomic mass is 10.2. The van der Waals surface area contributed by atoms with Crippen molar-refractivity contribution in [3.05, 3.63) is 33.2 Å². The summed E-state index contributed by atoms with van der Waals surface area (Å²) in [5, 5.41) is 10.4. The number of pyridine rings is 2. The molecule has 0 unspecified atom stereocenters. The highest BCUT2D eigenvalue weighted by atomic mass is 35.5. The van der Waals surface area contributed by atoms with E-state index >= 15 is 0 Å². The number of aromatic nitrogens is 2. The van der Waals surface area contributed by atoms with Crippen molar-refractivity contribution in [1.82, 2.24) is 9.97 Å². The Kier molecular flexibility index (Phi) is 3.20. The van der Waals surface area contributed by atoms with Crippen molar-refractivity contribution in [1.29, 1.82) is 0 Å². The Morgan fingerprint density at radius 1 is 1.61 bits per heavy atom. The van der Waals surface area contributed by atoms with Crippen LogP contribution in [0.3, 0.4) is 0 Å². The van der Waals surface area contributed by atoms with E-state index in [-0.39, 0.29) is 22.7 Å². The number of nitrogens with zero attached hydrogens (tertiary/aromatic N) is 1. The molecule has 0 aliphatic heterocycles. The summed E-state index contributed by atoms with van der Waals surface area (Å²) in [6, 6.07) is 1.40. The van der Waals surface area contributed by atoms with E-state index in [9.17, 15) is 14.7 Å². The van der Waals surface area contributed by atoms with Crippen molar-refractivity contribution < 1.29 is 14.6 Å². The summed E-state index contributed by atoms with van der Waals surface area (Å²) in [4.78, 5) is 29.5. The molecule has 0 saturated heterocycles. The van der Waals surface area contributed by atoms with Gasteiger partial charge in [0.05, 0.1) is 17.0 Å². The first-order chi connectivity index (χ1) is 8.54. The van der Waals surface area contributed by atoms with Crippen LogP contribution in [0.4, 0.5) is 0 Å². The second-order valence-electron chi connectivity index (χ2n) is 3.45. The molecule has 7 heteroatoms. The summed E-state index contributed by atoms with van der Waals surface area (Å²) in [6.45, 7) is 1.70. The summed E-state index contributed by atoms with van der Waals surface area (Å²) in [6.07, 6.45) is 1.32. The lowest BCUT2D eigenvalue weighted by Crippen LogP contribution is -2.20. The van der Waals surface area contributed by atoms with Crippen LogP contribution in [0.5, 0.6) is 5.75 Å². The molecule has 2 heterocycles. The summed E-state index contributed by atoms with van der Waals surface area (Å²) < 4.78 is 4.70. The zero-order chi connectivity index (χ0) is 13.3. The molecule has 2 N–H and O–H groups in total. The normalized spacial score (nSPS) is 10.6. The minimum absolute atomic E-state index is 0.101. The second kappa shape index (κ2) is 4.66. The highest BCUT2D eigenvalue weighted by Crippen LogP contribution is 2.26. The van der Waals surface area contributed by atoms with Crippen molar-refractivity contribution in [2.24, 2.45) is 0 Å². The van der Waals surface area contributed by atoms with Crippen molar-refractivity contribution in [3.8, 4) is 5.75 Å². The Bertz CT molecular complexity index is 681. The molecule has 0 aromatic carbocycles. The van der Waals surface area contributed by atoms with Crippen LogP contribution in [0, 0.1) is 0 Å². The molecule has 0 spiro atoms. The van der Waals surface area contributed by atoms with E-state index in [1.165, 1.54) is 12.3 Å². The largest absolute Gasteiger partial charge is 0.506 e. The van der Waals surface area contributed by atoms with Gasteiger partial charge < -0.3 is 14.8 Å². The molecule has 2 aromatic heterocycles. The van der Waals surface area contributed by atoms with Gasteiger partial charge >= 0.3 is 5.97 Å². The smallest absolute Gasteiger partial charge is 0.347 e. The third-order valence-corrected chi connectivity index (χ3v) is 2.49. The van der Waals surface area contributed by atoms with Crippen molar-refractivity contribution >= 4 is 28.6 Å². The van der Waals surface area contributed by atoms with Gasteiger partial charge in [0.1, 0.15) is 11.4 Å². The fourth-order valence-corrected chi connectivity index (χ4v) is 1.68. The average molecular weight is 269 g/mol. The van der Waals surface area contributed by atoms with E-state index in [4.69, 9.17) is 16.3 Å². The Hall–Kier alpha value is -2.08. The quantitative estimate of drug-likeness (QED) is 0.805. The standard InChI is InChI=1S/C11H9ClN2O4/c1-2-18-11(17)7-8(15)6-3-5(12)4-13-9(6)14-10(7)16/h3-4H,2H2,1H3,(H2,13,14,15,16). The first-order valence-electron chi connectivity index (χ1n) is 5.12. The van der Waals surface area contributed by atoms with Gasteiger partial charge in [-0.15, -0.1) is 0 Å². The van der Waals surface area contributed by atoms with E-state index in [0.29, 0.717) is 0 Å². The predicted molar refractivity (Wildman–Crippen MR) is 65.0 cm³/mol. The fourth-order valence-electron chi connectivity index (χ4n) is 1.52. The molecule has 0 bridgehead atoms. The molecule has 94 valence electrons. The lowest BCUT2D eigenvalue weighted by Gasteiger charge is -2.06. The summed E-state index contributed by atoms with van der Waals surface area (Å²) in [5.41, 5.74) is -1.06. The third kappa shape index (κ3) is 2.02. The highest BCUT2D eigenvalue weighted by Gasteiger charge is 2.20. The number of rotatable bonds is 2. The van der Waals surface area contributed by atoms with E-state index in [1.54, 1.807) is 6.92 Å². The number of ether oxygens (including phenoxy) is 1. The maximum atomic E-state index is 11.7. The predicted octanol–water partition coefficient (Wildman–Crippen LogP) is 1.46. The van der Waals surface area contributed by atoms with Crippen molar-refractivity contribution in [2.75, 3.05) is 6.61 Å². The number of fused-ring (bicyclic) bond motifs is 1. The number of H-pyrrole nitrogens is 1. The molecule has 0 atom stereocenters. The molecule has 0 aliphatic carbocycles. The number of aromatic hydroxyl groups is 1. The SMILES string of the molecule is CCOC(=O)c1c(O)c2cc(Cl)cnc2[nH]c1=O. The topological polar surface area (TPSA) is 92.3 Å². The Morgan fingerprint density at radius 3 is 3.00 bits per heavy atom. The number of halogens is 1. The molecule has 0 amide bonds. The van der Waals surface area contributed by atoms with E-state index in [1.807, 2.05) is 0 Å². The van der Waals surface area contributed by atoms with Crippen LogP contribution < -0.4 is 5.56 Å². The molecule has 0 radical (unpaired) electrons. The van der Waals surface area contributed by atoms with Crippen molar-refractivity contribution in [2.45, 2.75) is 6.92 Å². The van der Waals surface area contributed by atoms with Crippen molar-refractivity contribution in [3.63, 3.8) is 0 Å². The molecular weight excluding hydrogens is 260 g/mol. The Labute approximate surface area is 106 Å².